The predicted octanol–water partition coefficient (Wildman–Crippen LogP) is 2.00. The second kappa shape index (κ2) is 7.53. The summed E-state index contributed by atoms with van der Waals surface area (Å²) in [4.78, 5) is 11.4. The van der Waals surface area contributed by atoms with Crippen LogP contribution in [0.15, 0.2) is 30.3 Å². The van der Waals surface area contributed by atoms with E-state index in [-0.39, 0.29) is 0 Å². The highest BCUT2D eigenvalue weighted by atomic mass is 16.4. The second-order valence-electron chi connectivity index (χ2n) is 7.68. The molecule has 1 aromatic carbocycles. The summed E-state index contributed by atoms with van der Waals surface area (Å²) in [5.41, 5.74) is 1.31. The normalized spacial score (nSPS) is 29.7. The summed E-state index contributed by atoms with van der Waals surface area (Å²) in [5, 5.41) is 27.1. The Kier molecular flexibility index (Phi) is 4.97. The number of H-pyrrole nitrogens is 1. The number of benzene rings is 1. The Morgan fingerprint density at radius 2 is 2.04 bits per heavy atom. The summed E-state index contributed by atoms with van der Waals surface area (Å²) in [7, 11) is 0. The molecule has 0 radical (unpaired) electrons. The summed E-state index contributed by atoms with van der Waals surface area (Å²) in [6.45, 7) is 0.829. The average molecular weight is 355 g/mol. The molecule has 1 saturated heterocycles. The SMILES string of the molecule is O=C(O)[C@@H]1C[C@H]2C[C@@H](C(Cc3nn[nH]n3)c3ccccc3)CC[C@H]2CN1. The molecule has 2 fully saturated rings. The lowest BCUT2D eigenvalue weighted by Crippen LogP contribution is -2.50. The highest BCUT2D eigenvalue weighted by Gasteiger charge is 2.40. The fraction of sp³-hybridized carbons (Fsp3) is 0.579. The number of hydrogen-bond acceptors (Lipinski definition) is 5. The lowest BCUT2D eigenvalue weighted by molar-refractivity contribution is -0.141. The van der Waals surface area contributed by atoms with Crippen LogP contribution in [0.3, 0.4) is 0 Å². The summed E-state index contributed by atoms with van der Waals surface area (Å²) in [6, 6.07) is 10.2. The quantitative estimate of drug-likeness (QED) is 0.758. The Bertz CT molecular complexity index is 721. The third-order valence-corrected chi connectivity index (χ3v) is 6.23. The van der Waals surface area contributed by atoms with Crippen molar-refractivity contribution in [1.29, 1.82) is 0 Å². The topological polar surface area (TPSA) is 104 Å². The van der Waals surface area contributed by atoms with Crippen molar-refractivity contribution in [2.45, 2.75) is 44.1 Å². The Balaban J connectivity index is 1.53. The number of carbonyl (C=O) groups is 1. The van der Waals surface area contributed by atoms with Crippen LogP contribution in [0.5, 0.6) is 0 Å². The minimum Gasteiger partial charge on any atom is -0.480 e. The molecule has 1 unspecified atom stereocenters. The number of tetrazole rings is 1. The average Bonchev–Trinajstić information content (AvgIpc) is 3.19. The van der Waals surface area contributed by atoms with Crippen LogP contribution in [0.25, 0.3) is 0 Å². The minimum atomic E-state index is -0.725. The molecular formula is C19H25N5O2. The van der Waals surface area contributed by atoms with E-state index in [1.165, 1.54) is 5.56 Å². The van der Waals surface area contributed by atoms with Crippen molar-refractivity contribution in [3.8, 4) is 0 Å². The number of fused-ring (bicyclic) bond motifs is 1. The molecule has 0 spiro atoms. The molecule has 2 aromatic rings. The number of hydrogen-bond donors (Lipinski definition) is 3. The van der Waals surface area contributed by atoms with Crippen LogP contribution in [-0.2, 0) is 11.2 Å². The van der Waals surface area contributed by atoms with E-state index in [1.807, 2.05) is 6.07 Å². The van der Waals surface area contributed by atoms with E-state index in [0.717, 1.165) is 44.5 Å². The molecule has 138 valence electrons. The predicted molar refractivity (Wildman–Crippen MR) is 95.4 cm³/mol. The highest BCUT2D eigenvalue weighted by Crippen LogP contribution is 2.44. The number of aliphatic carboxylic acids is 1. The van der Waals surface area contributed by atoms with Gasteiger partial charge in [0.1, 0.15) is 6.04 Å². The number of nitrogens with one attached hydrogen (secondary N) is 2. The third-order valence-electron chi connectivity index (χ3n) is 6.23. The Labute approximate surface area is 152 Å². The second-order valence-corrected chi connectivity index (χ2v) is 7.68. The number of nitrogens with zero attached hydrogens (tertiary/aromatic N) is 3. The molecule has 2 aliphatic rings. The van der Waals surface area contributed by atoms with E-state index in [1.54, 1.807) is 0 Å². The van der Waals surface area contributed by atoms with Crippen LogP contribution in [0, 0.1) is 17.8 Å². The molecule has 1 aromatic heterocycles. The summed E-state index contributed by atoms with van der Waals surface area (Å²) < 4.78 is 0. The number of piperidine rings is 1. The van der Waals surface area contributed by atoms with Crippen LogP contribution in [0.4, 0.5) is 0 Å². The summed E-state index contributed by atoms with van der Waals surface area (Å²) in [6.07, 6.45) is 4.90. The number of carboxylic acids is 1. The van der Waals surface area contributed by atoms with Crippen LogP contribution in [-0.4, -0.2) is 44.3 Å². The van der Waals surface area contributed by atoms with Gasteiger partial charge >= 0.3 is 5.97 Å². The molecule has 0 bridgehead atoms. The van der Waals surface area contributed by atoms with Gasteiger partial charge in [-0.3, -0.25) is 4.79 Å². The first-order chi connectivity index (χ1) is 12.7. The van der Waals surface area contributed by atoms with Gasteiger partial charge in [-0.05, 0) is 61.5 Å². The first kappa shape index (κ1) is 17.1. The number of aromatic nitrogens is 4. The molecule has 26 heavy (non-hydrogen) atoms. The molecule has 1 aliphatic heterocycles. The molecule has 7 nitrogen and oxygen atoms in total. The number of carboxylic acid groups (broad SMARTS) is 1. The molecule has 5 atom stereocenters. The van der Waals surface area contributed by atoms with Gasteiger partial charge in [0.25, 0.3) is 0 Å². The lowest BCUT2D eigenvalue weighted by atomic mass is 9.65. The summed E-state index contributed by atoms with van der Waals surface area (Å²) >= 11 is 0. The van der Waals surface area contributed by atoms with Crippen molar-refractivity contribution in [3.05, 3.63) is 41.7 Å². The smallest absolute Gasteiger partial charge is 0.320 e. The van der Waals surface area contributed by atoms with Crippen molar-refractivity contribution in [2.75, 3.05) is 6.54 Å². The molecule has 1 saturated carbocycles. The van der Waals surface area contributed by atoms with E-state index in [9.17, 15) is 9.90 Å². The van der Waals surface area contributed by atoms with Gasteiger partial charge in [-0.1, -0.05) is 35.5 Å². The maximum absolute atomic E-state index is 11.4. The highest BCUT2D eigenvalue weighted by molar-refractivity contribution is 5.73. The van der Waals surface area contributed by atoms with Gasteiger partial charge in [0.15, 0.2) is 5.82 Å². The van der Waals surface area contributed by atoms with Gasteiger partial charge in [0, 0.05) is 6.42 Å². The van der Waals surface area contributed by atoms with Gasteiger partial charge in [0.2, 0.25) is 0 Å². The van der Waals surface area contributed by atoms with Gasteiger partial charge < -0.3 is 10.4 Å². The maximum Gasteiger partial charge on any atom is 0.320 e. The molecule has 4 rings (SSSR count). The van der Waals surface area contributed by atoms with Gasteiger partial charge in [-0.25, -0.2) is 0 Å². The molecule has 1 aliphatic carbocycles. The lowest BCUT2D eigenvalue weighted by Gasteiger charge is -2.43. The zero-order valence-electron chi connectivity index (χ0n) is 14.7. The molecular weight excluding hydrogens is 330 g/mol. The third kappa shape index (κ3) is 3.62. The van der Waals surface area contributed by atoms with Gasteiger partial charge in [-0.2, -0.15) is 5.21 Å². The van der Waals surface area contributed by atoms with Crippen molar-refractivity contribution in [3.63, 3.8) is 0 Å². The molecule has 7 heteroatoms. The van der Waals surface area contributed by atoms with Crippen LogP contribution in [0.2, 0.25) is 0 Å². The Hall–Kier alpha value is -2.28. The fourth-order valence-electron chi connectivity index (χ4n) is 4.88. The Morgan fingerprint density at radius 1 is 1.19 bits per heavy atom. The monoisotopic (exact) mass is 355 g/mol. The van der Waals surface area contributed by atoms with E-state index in [0.29, 0.717) is 23.7 Å². The van der Waals surface area contributed by atoms with E-state index in [4.69, 9.17) is 0 Å². The zero-order valence-corrected chi connectivity index (χ0v) is 14.7. The van der Waals surface area contributed by atoms with Crippen molar-refractivity contribution < 1.29 is 9.90 Å². The van der Waals surface area contributed by atoms with Crippen molar-refractivity contribution in [2.24, 2.45) is 17.8 Å². The van der Waals surface area contributed by atoms with Crippen LogP contribution < -0.4 is 5.32 Å². The van der Waals surface area contributed by atoms with Crippen LogP contribution >= 0.6 is 0 Å². The largest absolute Gasteiger partial charge is 0.480 e. The fourth-order valence-corrected chi connectivity index (χ4v) is 4.88. The number of rotatable bonds is 5. The Morgan fingerprint density at radius 3 is 2.77 bits per heavy atom. The van der Waals surface area contributed by atoms with Crippen molar-refractivity contribution >= 4 is 5.97 Å². The standard InChI is InChI=1S/C19H25N5O2/c25-19(26)17-9-15-8-13(6-7-14(15)11-20-17)16(10-18-21-23-24-22-18)12-4-2-1-3-5-12/h1-5,13-17,20H,6-11H2,(H,25,26)(H,21,22,23,24)/t13-,14-,15+,16?,17-/m0/s1. The van der Waals surface area contributed by atoms with E-state index >= 15 is 0 Å². The maximum atomic E-state index is 11.4. The number of aromatic amines is 1. The van der Waals surface area contributed by atoms with Gasteiger partial charge in [0.05, 0.1) is 0 Å². The van der Waals surface area contributed by atoms with E-state index < -0.39 is 12.0 Å². The molecule has 2 heterocycles. The van der Waals surface area contributed by atoms with Crippen LogP contribution in [0.1, 0.15) is 43.0 Å². The first-order valence-electron chi connectivity index (χ1n) is 9.44. The molecule has 0 amide bonds. The minimum absolute atomic E-state index is 0.341. The van der Waals surface area contributed by atoms with Gasteiger partial charge in [-0.15, -0.1) is 10.2 Å². The first-order valence-corrected chi connectivity index (χ1v) is 9.44. The molecule has 3 N–H and O–H groups in total. The van der Waals surface area contributed by atoms with Crippen molar-refractivity contribution in [1.82, 2.24) is 25.9 Å². The van der Waals surface area contributed by atoms with E-state index in [2.05, 4.69) is 50.2 Å². The summed E-state index contributed by atoms with van der Waals surface area (Å²) in [5.74, 6) is 1.96. The zero-order chi connectivity index (χ0) is 17.9.